The molecule has 4 aliphatic heterocycles. The summed E-state index contributed by atoms with van der Waals surface area (Å²) in [6, 6.07) is 24.9. The smallest absolute Gasteiger partial charge is 0.287 e. The van der Waals surface area contributed by atoms with Gasteiger partial charge in [-0.1, -0.05) is 17.3 Å². The van der Waals surface area contributed by atoms with Crippen molar-refractivity contribution >= 4 is 90.0 Å². The molecule has 26 nitrogen and oxygen atoms in total. The molecule has 9 aromatic rings. The van der Waals surface area contributed by atoms with Crippen molar-refractivity contribution in [2.45, 2.75) is 84.1 Å². The van der Waals surface area contributed by atoms with E-state index in [9.17, 15) is 42.0 Å². The lowest BCUT2D eigenvalue weighted by atomic mass is 9.88. The van der Waals surface area contributed by atoms with Crippen molar-refractivity contribution in [3.05, 3.63) is 168 Å². The number of anilines is 1. The Hall–Kier alpha value is -10.3. The summed E-state index contributed by atoms with van der Waals surface area (Å²) in [7, 11) is -3.35. The number of nitrogens with zero attached hydrogens (tertiary/aromatic N) is 10. The van der Waals surface area contributed by atoms with Gasteiger partial charge in [-0.3, -0.25) is 53.2 Å². The molecule has 7 amide bonds. The average Bonchev–Trinajstić information content (AvgIpc) is 1.60. The Bertz CT molecular complexity index is 4560. The molecule has 0 radical (unpaired) electrons. The minimum atomic E-state index is -3.35. The third-order valence-corrected chi connectivity index (χ3v) is 22.8. The third kappa shape index (κ3) is 15.5. The molecule has 3 spiro atoms. The summed E-state index contributed by atoms with van der Waals surface area (Å²) in [4.78, 5) is 108. The van der Waals surface area contributed by atoms with Gasteiger partial charge in [0.2, 0.25) is 21.8 Å². The highest BCUT2D eigenvalue weighted by Gasteiger charge is 2.57. The second-order valence-electron chi connectivity index (χ2n) is 28.4. The number of likely N-dealkylation sites (tertiary alicyclic amines) is 4. The highest BCUT2D eigenvalue weighted by molar-refractivity contribution is 7.92. The summed E-state index contributed by atoms with van der Waals surface area (Å²) in [5.74, 6) is 2.07. The lowest BCUT2D eigenvalue weighted by molar-refractivity contribution is -0.141. The number of aromatic nitrogens is 6. The second kappa shape index (κ2) is 28.4. The molecule has 4 N–H and O–H groups in total. The molecule has 3 unspecified atom stereocenters. The Morgan fingerprint density at radius 2 is 0.901 bits per heavy atom. The minimum absolute atomic E-state index is 0.0490. The Labute approximate surface area is 583 Å². The number of amides is 7. The van der Waals surface area contributed by atoms with E-state index >= 15 is 0 Å². The van der Waals surface area contributed by atoms with Gasteiger partial charge in [0.1, 0.15) is 0 Å². The largest absolute Gasteiger partial charge is 0.449 e. The number of hydrogen-bond acceptors (Lipinski definition) is 17. The second-order valence-corrected chi connectivity index (χ2v) is 30.2. The number of carbonyl (C=O) groups excluding carboxylic acids is 7. The SMILES string of the molecule is CC(=O)N1CCC(C(=O)N2CCC3(CC2)CC3CNC(=O)c2cc3ccncc3o2)CC1.CS(=O)(=O)Nc1ccc(C(=O)N2CCC3(CC2)CC3CNC(=O)c2cc3ccncc3o2)cc1.O=C(NCC1CC12CCN(C(=O)c1ccc(Cn3ccnn3)cc1)CC2)c1cc2ccncc2o1. The van der Waals surface area contributed by atoms with Crippen molar-refractivity contribution < 1.29 is 55.2 Å². The van der Waals surface area contributed by atoms with Gasteiger partial charge in [0.15, 0.2) is 34.0 Å². The van der Waals surface area contributed by atoms with E-state index < -0.39 is 10.0 Å². The number of furan rings is 3. The van der Waals surface area contributed by atoms with Gasteiger partial charge < -0.3 is 48.8 Å². The van der Waals surface area contributed by atoms with Crippen LogP contribution in [-0.2, 0) is 26.2 Å². The predicted molar refractivity (Wildman–Crippen MR) is 372 cm³/mol. The highest BCUT2D eigenvalue weighted by atomic mass is 32.2. The van der Waals surface area contributed by atoms with Crippen molar-refractivity contribution in [3.63, 3.8) is 0 Å². The number of carbonyl (C=O) groups is 7. The van der Waals surface area contributed by atoms with E-state index in [1.807, 2.05) is 62.2 Å². The van der Waals surface area contributed by atoms with Gasteiger partial charge in [0.25, 0.3) is 29.5 Å². The first-order valence-corrected chi connectivity index (χ1v) is 36.7. The molecule has 27 heteroatoms. The number of fused-ring (bicyclic) bond motifs is 3. The van der Waals surface area contributed by atoms with Gasteiger partial charge in [-0.25, -0.2) is 13.1 Å². The zero-order valence-corrected chi connectivity index (χ0v) is 57.4. The number of piperidine rings is 4. The zero-order valence-electron chi connectivity index (χ0n) is 56.6. The van der Waals surface area contributed by atoms with Gasteiger partial charge in [0.05, 0.1) is 37.6 Å². The van der Waals surface area contributed by atoms with E-state index in [-0.39, 0.29) is 69.3 Å². The molecule has 16 rings (SSSR count). The first-order chi connectivity index (χ1) is 48.8. The molecular weight excluding hydrogens is 1310 g/mol. The molecule has 7 aromatic heterocycles. The Morgan fingerprint density at radius 1 is 0.505 bits per heavy atom. The van der Waals surface area contributed by atoms with E-state index in [2.05, 4.69) is 45.9 Å². The van der Waals surface area contributed by atoms with Crippen LogP contribution in [0.15, 0.2) is 148 Å². The first kappa shape index (κ1) is 67.9. The molecule has 3 atom stereocenters. The van der Waals surface area contributed by atoms with Crippen LogP contribution in [0.3, 0.4) is 0 Å². The molecule has 7 aliphatic rings. The predicted octanol–water partition coefficient (Wildman–Crippen LogP) is 8.46. The Kier molecular flexibility index (Phi) is 19.1. The lowest BCUT2D eigenvalue weighted by Crippen LogP contribution is -2.46. The van der Waals surface area contributed by atoms with Crippen molar-refractivity contribution in [2.24, 2.45) is 39.9 Å². The van der Waals surface area contributed by atoms with Crippen LogP contribution in [-0.4, -0.2) is 178 Å². The molecule has 0 bridgehead atoms. The Morgan fingerprint density at radius 3 is 1.27 bits per heavy atom. The van der Waals surface area contributed by atoms with Crippen LogP contribution in [0.1, 0.15) is 135 Å². The molecule has 4 saturated heterocycles. The van der Waals surface area contributed by atoms with Crippen molar-refractivity contribution in [1.82, 2.24) is 65.5 Å². The first-order valence-electron chi connectivity index (χ1n) is 34.8. The Balaban J connectivity index is 0.000000129. The number of benzene rings is 2. The number of pyridine rings is 3. The molecule has 3 saturated carbocycles. The lowest BCUT2D eigenvalue weighted by Gasteiger charge is -2.37. The summed E-state index contributed by atoms with van der Waals surface area (Å²) in [6.45, 7) is 9.91. The van der Waals surface area contributed by atoms with Gasteiger partial charge in [-0.05, 0) is 183 Å². The van der Waals surface area contributed by atoms with Crippen LogP contribution < -0.4 is 20.7 Å². The molecule has 526 valence electrons. The number of sulfonamides is 1. The summed E-state index contributed by atoms with van der Waals surface area (Å²) >= 11 is 0. The van der Waals surface area contributed by atoms with Gasteiger partial charge >= 0.3 is 0 Å². The number of rotatable bonds is 16. The van der Waals surface area contributed by atoms with Crippen LogP contribution in [0.2, 0.25) is 0 Å². The quantitative estimate of drug-likeness (QED) is 0.0704. The summed E-state index contributed by atoms with van der Waals surface area (Å²) in [5.41, 5.74) is 5.26. The van der Waals surface area contributed by atoms with Crippen LogP contribution in [0.5, 0.6) is 0 Å². The fraction of sp³-hybridized carbons (Fsp3) is 0.432. The molecule has 11 heterocycles. The minimum Gasteiger partial charge on any atom is -0.449 e. The topological polar surface area (TPSA) is 324 Å². The number of nitrogens with one attached hydrogen (secondary N) is 4. The number of hydrogen-bond donors (Lipinski definition) is 4. The van der Waals surface area contributed by atoms with E-state index in [1.165, 1.54) is 0 Å². The van der Waals surface area contributed by atoms with Crippen molar-refractivity contribution in [2.75, 3.05) is 83.0 Å². The van der Waals surface area contributed by atoms with E-state index in [1.54, 1.807) is 104 Å². The normalized spacial score (nSPS) is 20.2. The third-order valence-electron chi connectivity index (χ3n) is 22.1. The van der Waals surface area contributed by atoms with Crippen LogP contribution in [0.25, 0.3) is 32.9 Å². The molecule has 3 aliphatic carbocycles. The van der Waals surface area contributed by atoms with Crippen LogP contribution >= 0.6 is 0 Å². The molecular formula is C74H82N14O12S. The van der Waals surface area contributed by atoms with E-state index in [0.29, 0.717) is 115 Å². The van der Waals surface area contributed by atoms with Crippen molar-refractivity contribution in [1.29, 1.82) is 0 Å². The standard InChI is InChI=1S/C26H26N6O3.C24H26N4O5S.C24H30N4O4/c33-24(22-13-20-5-8-27-16-23(20)35-22)28-15-21-14-26(21)6-10-31(11-7-26)25(34)19-3-1-18(2-4-19)17-32-12-9-29-30-32;1-34(31,32)27-19-4-2-16(3-5-19)23(30)28-10-7-24(8-11-28)13-18(24)14-26-22(29)20-12-17-6-9-25-15-21(17)33-20;1-16(29)27-8-3-17(4-9-27)23(31)28-10-5-24(6-11-28)13-19(24)14-26-22(30)20-12-18-2-7-25-15-21(18)32-20/h1-5,8-9,12-13,16,21H,6-7,10-11,14-15,17H2,(H,28,33);2-6,9,12,15,18,27H,7-8,10-11,13-14H2,1H3,(H,26,29);2,7,12,15,17,19H,3-6,8-11,13-14H2,1H3,(H,26,30). The summed E-state index contributed by atoms with van der Waals surface area (Å²) in [5, 5.41) is 19.4. The highest BCUT2D eigenvalue weighted by Crippen LogP contribution is 2.61. The molecule has 7 fully saturated rings. The van der Waals surface area contributed by atoms with Crippen LogP contribution in [0.4, 0.5) is 5.69 Å². The van der Waals surface area contributed by atoms with Crippen molar-refractivity contribution in [3.8, 4) is 0 Å². The monoisotopic (exact) mass is 1390 g/mol. The fourth-order valence-electron chi connectivity index (χ4n) is 15.6. The maximum Gasteiger partial charge on any atom is 0.287 e. The average molecular weight is 1390 g/mol. The van der Waals surface area contributed by atoms with Gasteiger partial charge in [-0.2, -0.15) is 0 Å². The zero-order chi connectivity index (χ0) is 70.0. The van der Waals surface area contributed by atoms with Gasteiger partial charge in [0, 0.05) is 143 Å². The van der Waals surface area contributed by atoms with Crippen LogP contribution in [0, 0.1) is 39.9 Å². The molecule has 2 aromatic carbocycles. The summed E-state index contributed by atoms with van der Waals surface area (Å²) in [6.07, 6.45) is 25.0. The van der Waals surface area contributed by atoms with E-state index in [4.69, 9.17) is 13.3 Å². The maximum atomic E-state index is 13.0. The van der Waals surface area contributed by atoms with Gasteiger partial charge in [-0.15, -0.1) is 5.10 Å². The summed E-state index contributed by atoms with van der Waals surface area (Å²) < 4.78 is 43.6. The van der Waals surface area contributed by atoms with E-state index in [0.717, 1.165) is 125 Å². The molecule has 101 heavy (non-hydrogen) atoms. The maximum absolute atomic E-state index is 13.0. The fourth-order valence-corrected chi connectivity index (χ4v) is 16.2.